The van der Waals surface area contributed by atoms with E-state index in [1.54, 1.807) is 10.0 Å². The van der Waals surface area contributed by atoms with Gasteiger partial charge in [0.15, 0.2) is 0 Å². The molecule has 230 valence electrons. The Morgan fingerprint density at radius 2 is 0.761 bits per heavy atom. The molecule has 4 aromatic carbocycles. The fourth-order valence-electron chi connectivity index (χ4n) is 7.51. The standard InChI is InChI=1S/C34H22Br2F2N4O4/c35-19-5-1-17(2-6-19)27-25-29(33(45)39(31(25)43)23-13-9-21(37)10-14-23)42-28(18-3-7-20(36)8-4-18)26-30(41(27)42)34(46)40(32(26)44)24-15-11-22(38)12-16-24/h1-16,25-30H. The second-order valence-corrected chi connectivity index (χ2v) is 13.5. The summed E-state index contributed by atoms with van der Waals surface area (Å²) in [4.78, 5) is 59.7. The molecule has 0 N–H and O–H groups in total. The van der Waals surface area contributed by atoms with Gasteiger partial charge in [-0.3, -0.25) is 19.2 Å². The molecule has 0 radical (unpaired) electrons. The summed E-state index contributed by atoms with van der Waals surface area (Å²) in [6.45, 7) is 0. The molecule has 6 unspecified atom stereocenters. The van der Waals surface area contributed by atoms with Gasteiger partial charge in [0, 0.05) is 8.95 Å². The van der Waals surface area contributed by atoms with E-state index >= 15 is 0 Å². The number of carbonyl (C=O) groups excluding carboxylic acids is 4. The predicted molar refractivity (Wildman–Crippen MR) is 170 cm³/mol. The lowest BCUT2D eigenvalue weighted by Crippen LogP contribution is -2.50. The number of hydrogen-bond acceptors (Lipinski definition) is 6. The van der Waals surface area contributed by atoms with Crippen molar-refractivity contribution in [2.45, 2.75) is 24.2 Å². The molecule has 0 aromatic heterocycles. The first-order valence-electron chi connectivity index (χ1n) is 14.5. The Labute approximate surface area is 278 Å². The minimum atomic E-state index is -1.05. The maximum Gasteiger partial charge on any atom is 0.253 e. The van der Waals surface area contributed by atoms with Crippen LogP contribution in [0, 0.1) is 23.5 Å². The van der Waals surface area contributed by atoms with E-state index in [0.717, 1.165) is 18.7 Å². The molecule has 0 aliphatic carbocycles. The monoisotopic (exact) mass is 746 g/mol. The van der Waals surface area contributed by atoms with Gasteiger partial charge in [0.1, 0.15) is 23.7 Å². The number of fused-ring (bicyclic) bond motifs is 5. The van der Waals surface area contributed by atoms with Gasteiger partial charge < -0.3 is 0 Å². The van der Waals surface area contributed by atoms with Gasteiger partial charge in [0.05, 0.1) is 35.3 Å². The lowest BCUT2D eigenvalue weighted by Gasteiger charge is -2.35. The van der Waals surface area contributed by atoms with E-state index in [2.05, 4.69) is 31.9 Å². The van der Waals surface area contributed by atoms with E-state index in [-0.39, 0.29) is 11.4 Å². The van der Waals surface area contributed by atoms with Crippen molar-refractivity contribution >= 4 is 66.9 Å². The van der Waals surface area contributed by atoms with E-state index in [9.17, 15) is 28.0 Å². The van der Waals surface area contributed by atoms with Crippen molar-refractivity contribution < 1.29 is 28.0 Å². The second-order valence-electron chi connectivity index (χ2n) is 11.7. The van der Waals surface area contributed by atoms with Crippen molar-refractivity contribution in [2.75, 3.05) is 9.80 Å². The molecule has 4 aliphatic rings. The quantitative estimate of drug-likeness (QED) is 0.241. The lowest BCUT2D eigenvalue weighted by atomic mass is 9.84. The van der Waals surface area contributed by atoms with E-state index in [1.165, 1.54) is 48.5 Å². The average Bonchev–Trinajstić information content (AvgIpc) is 3.71. The van der Waals surface area contributed by atoms with Crippen molar-refractivity contribution in [3.05, 3.63) is 129 Å². The SMILES string of the molecule is O=C1C2C(C(=O)N1c1ccc(F)cc1)N1C(c3ccc(Br)cc3)C3C(=O)N(c4ccc(F)cc4)C(=O)C3N1C2c1ccc(Br)cc1. The number of imide groups is 2. The maximum absolute atomic E-state index is 14.4. The van der Waals surface area contributed by atoms with Crippen LogP contribution in [0.25, 0.3) is 0 Å². The first kappa shape index (κ1) is 29.3. The Hall–Kier alpha value is -4.10. The Kier molecular flexibility index (Phi) is 6.84. The zero-order valence-corrected chi connectivity index (χ0v) is 26.8. The fourth-order valence-corrected chi connectivity index (χ4v) is 8.04. The third-order valence-corrected chi connectivity index (χ3v) is 10.4. The highest BCUT2D eigenvalue weighted by Gasteiger charge is 2.73. The molecule has 4 fully saturated rings. The summed E-state index contributed by atoms with van der Waals surface area (Å²) in [7, 11) is 0. The molecule has 46 heavy (non-hydrogen) atoms. The molecule has 0 bridgehead atoms. The summed E-state index contributed by atoms with van der Waals surface area (Å²) in [5.74, 6) is -4.92. The molecule has 4 heterocycles. The van der Waals surface area contributed by atoms with Crippen LogP contribution in [0.1, 0.15) is 23.2 Å². The van der Waals surface area contributed by atoms with Crippen LogP contribution in [0.15, 0.2) is 106 Å². The van der Waals surface area contributed by atoms with Crippen molar-refractivity contribution in [1.29, 1.82) is 0 Å². The highest BCUT2D eigenvalue weighted by atomic mass is 79.9. The van der Waals surface area contributed by atoms with Crippen LogP contribution >= 0.6 is 31.9 Å². The molecule has 8 rings (SSSR count). The Morgan fingerprint density at radius 3 is 1.09 bits per heavy atom. The normalized spacial score (nSPS) is 27.5. The van der Waals surface area contributed by atoms with Gasteiger partial charge in [-0.05, 0) is 83.9 Å². The van der Waals surface area contributed by atoms with Crippen molar-refractivity contribution in [2.24, 2.45) is 11.8 Å². The van der Waals surface area contributed by atoms with Gasteiger partial charge in [-0.1, -0.05) is 56.1 Å². The smallest absolute Gasteiger partial charge is 0.253 e. The fraction of sp³-hybridized carbons (Fsp3) is 0.176. The summed E-state index contributed by atoms with van der Waals surface area (Å²) in [6, 6.07) is 21.2. The lowest BCUT2D eigenvalue weighted by molar-refractivity contribution is -0.136. The van der Waals surface area contributed by atoms with Gasteiger partial charge >= 0.3 is 0 Å². The molecular formula is C34H22Br2F2N4O4. The molecule has 0 spiro atoms. The zero-order chi connectivity index (χ0) is 32.0. The second kappa shape index (κ2) is 10.7. The van der Waals surface area contributed by atoms with E-state index in [4.69, 9.17) is 0 Å². The third-order valence-electron chi connectivity index (χ3n) is 9.32. The van der Waals surface area contributed by atoms with E-state index in [1.807, 2.05) is 48.5 Å². The molecule has 12 heteroatoms. The topological polar surface area (TPSA) is 81.2 Å². The average molecular weight is 748 g/mol. The van der Waals surface area contributed by atoms with Crippen LogP contribution in [-0.4, -0.2) is 45.7 Å². The predicted octanol–water partition coefficient (Wildman–Crippen LogP) is 5.93. The first-order chi connectivity index (χ1) is 22.2. The van der Waals surface area contributed by atoms with Crippen LogP contribution in [0.5, 0.6) is 0 Å². The minimum absolute atomic E-state index is 0.237. The van der Waals surface area contributed by atoms with Crippen molar-refractivity contribution in [1.82, 2.24) is 10.0 Å². The third kappa shape index (κ3) is 4.20. The molecule has 6 atom stereocenters. The number of halogens is 4. The number of hydrazine groups is 1. The molecule has 8 nitrogen and oxygen atoms in total. The summed E-state index contributed by atoms with van der Waals surface area (Å²) in [6.07, 6.45) is 0. The maximum atomic E-state index is 14.4. The van der Waals surface area contributed by atoms with Crippen LogP contribution in [0.4, 0.5) is 20.2 Å². The summed E-state index contributed by atoms with van der Waals surface area (Å²) >= 11 is 6.92. The van der Waals surface area contributed by atoms with E-state index < -0.39 is 71.3 Å². The Bertz CT molecular complexity index is 1780. The number of amides is 4. The molecule has 4 amide bonds. The Balaban J connectivity index is 1.32. The van der Waals surface area contributed by atoms with Crippen LogP contribution < -0.4 is 9.80 Å². The van der Waals surface area contributed by atoms with Crippen molar-refractivity contribution in [3.8, 4) is 0 Å². The molecule has 0 saturated carbocycles. The number of hydrogen-bond donors (Lipinski definition) is 0. The van der Waals surface area contributed by atoms with Crippen LogP contribution in [0.2, 0.25) is 0 Å². The molecule has 4 saturated heterocycles. The number of benzene rings is 4. The van der Waals surface area contributed by atoms with Gasteiger partial charge in [0.2, 0.25) is 11.8 Å². The van der Waals surface area contributed by atoms with Gasteiger partial charge in [-0.25, -0.2) is 28.6 Å². The number of rotatable bonds is 4. The number of nitrogens with zero attached hydrogens (tertiary/aromatic N) is 4. The van der Waals surface area contributed by atoms with E-state index in [0.29, 0.717) is 11.1 Å². The minimum Gasteiger partial charge on any atom is -0.274 e. The van der Waals surface area contributed by atoms with Gasteiger partial charge in [-0.15, -0.1) is 0 Å². The highest BCUT2D eigenvalue weighted by molar-refractivity contribution is 9.10. The van der Waals surface area contributed by atoms with Gasteiger partial charge in [-0.2, -0.15) is 0 Å². The summed E-state index contributed by atoms with van der Waals surface area (Å²) in [5, 5.41) is 3.52. The Morgan fingerprint density at radius 1 is 0.435 bits per heavy atom. The van der Waals surface area contributed by atoms with Crippen molar-refractivity contribution in [3.63, 3.8) is 0 Å². The number of carbonyl (C=O) groups is 4. The van der Waals surface area contributed by atoms with Gasteiger partial charge in [0.25, 0.3) is 11.8 Å². The largest absolute Gasteiger partial charge is 0.274 e. The molecule has 4 aromatic rings. The number of anilines is 2. The summed E-state index contributed by atoms with van der Waals surface area (Å²) < 4.78 is 29.3. The molecule has 4 aliphatic heterocycles. The highest BCUT2D eigenvalue weighted by Crippen LogP contribution is 2.59. The summed E-state index contributed by atoms with van der Waals surface area (Å²) in [5.41, 5.74) is 1.83. The van der Waals surface area contributed by atoms with Crippen LogP contribution in [-0.2, 0) is 19.2 Å². The zero-order valence-electron chi connectivity index (χ0n) is 23.6. The molecular weight excluding hydrogens is 726 g/mol. The first-order valence-corrected chi connectivity index (χ1v) is 16.1. The van der Waals surface area contributed by atoms with Crippen LogP contribution in [0.3, 0.4) is 0 Å².